The van der Waals surface area contributed by atoms with E-state index < -0.39 is 10.0 Å². The molecule has 0 saturated heterocycles. The molecule has 0 amide bonds. The number of primary sulfonamides is 1. The average Bonchev–Trinajstić information content (AvgIpc) is 2.62. The van der Waals surface area contributed by atoms with Crippen LogP contribution in [0.25, 0.3) is 0 Å². The molecule has 2 aromatic rings. The predicted octanol–water partition coefficient (Wildman–Crippen LogP) is 2.94. The summed E-state index contributed by atoms with van der Waals surface area (Å²) < 4.78 is 22.5. The molecular weight excluding hydrogens is 407 g/mol. The minimum Gasteiger partial charge on any atom is -0.356 e. The second-order valence-electron chi connectivity index (χ2n) is 5.88. The summed E-state index contributed by atoms with van der Waals surface area (Å²) in [6, 6.07) is 11.9. The van der Waals surface area contributed by atoms with E-state index in [2.05, 4.69) is 15.6 Å². The van der Waals surface area contributed by atoms with Crippen molar-refractivity contribution in [2.24, 2.45) is 10.1 Å². The van der Waals surface area contributed by atoms with Crippen molar-refractivity contribution < 1.29 is 8.42 Å². The Morgan fingerprint density at radius 1 is 1.11 bits per heavy atom. The van der Waals surface area contributed by atoms with Gasteiger partial charge in [-0.05, 0) is 48.2 Å². The summed E-state index contributed by atoms with van der Waals surface area (Å²) in [6.45, 7) is 1.23. The Labute approximate surface area is 169 Å². The maximum Gasteiger partial charge on any atom is 0.238 e. The van der Waals surface area contributed by atoms with Gasteiger partial charge in [0.05, 0.1) is 4.90 Å². The van der Waals surface area contributed by atoms with Crippen molar-refractivity contribution in [2.45, 2.75) is 24.3 Å². The van der Waals surface area contributed by atoms with E-state index in [1.54, 1.807) is 25.2 Å². The SMILES string of the molecule is CN=C(NCCCc1ccc(Cl)cc1Cl)NCc1ccc(S(N)(=O)=O)cc1. The fraction of sp³-hybridized carbons (Fsp3) is 0.278. The van der Waals surface area contributed by atoms with Gasteiger partial charge >= 0.3 is 0 Å². The molecule has 4 N–H and O–H groups in total. The third kappa shape index (κ3) is 7.03. The Hall–Kier alpha value is -1.80. The van der Waals surface area contributed by atoms with Crippen molar-refractivity contribution in [3.05, 3.63) is 63.6 Å². The Morgan fingerprint density at radius 3 is 2.41 bits per heavy atom. The lowest BCUT2D eigenvalue weighted by Crippen LogP contribution is -2.37. The van der Waals surface area contributed by atoms with Crippen LogP contribution in [0, 0.1) is 0 Å². The number of nitrogens with two attached hydrogens (primary N) is 1. The van der Waals surface area contributed by atoms with Gasteiger partial charge in [-0.3, -0.25) is 4.99 Å². The Balaban J connectivity index is 1.77. The van der Waals surface area contributed by atoms with Crippen LogP contribution in [-0.4, -0.2) is 28.0 Å². The van der Waals surface area contributed by atoms with Crippen LogP contribution in [0.4, 0.5) is 0 Å². The fourth-order valence-electron chi connectivity index (χ4n) is 2.41. The van der Waals surface area contributed by atoms with Crippen molar-refractivity contribution in [3.63, 3.8) is 0 Å². The van der Waals surface area contributed by atoms with Crippen molar-refractivity contribution in [2.75, 3.05) is 13.6 Å². The van der Waals surface area contributed by atoms with Gasteiger partial charge in [0.2, 0.25) is 10.0 Å². The van der Waals surface area contributed by atoms with Crippen molar-refractivity contribution in [3.8, 4) is 0 Å². The third-order valence-electron chi connectivity index (χ3n) is 3.87. The zero-order chi connectivity index (χ0) is 19.9. The monoisotopic (exact) mass is 428 g/mol. The van der Waals surface area contributed by atoms with E-state index in [0.29, 0.717) is 22.5 Å². The van der Waals surface area contributed by atoms with Gasteiger partial charge in [-0.1, -0.05) is 41.4 Å². The third-order valence-corrected chi connectivity index (χ3v) is 5.38. The number of halogens is 2. The van der Waals surface area contributed by atoms with Gasteiger partial charge < -0.3 is 10.6 Å². The number of nitrogens with zero attached hydrogens (tertiary/aromatic N) is 1. The highest BCUT2D eigenvalue weighted by molar-refractivity contribution is 7.89. The second-order valence-corrected chi connectivity index (χ2v) is 8.29. The molecule has 2 aromatic carbocycles. The lowest BCUT2D eigenvalue weighted by atomic mass is 10.1. The van der Waals surface area contributed by atoms with Crippen LogP contribution in [0.3, 0.4) is 0 Å². The minimum absolute atomic E-state index is 0.0922. The van der Waals surface area contributed by atoms with Gasteiger partial charge in [0.1, 0.15) is 0 Å². The van der Waals surface area contributed by atoms with Gasteiger partial charge in [-0.2, -0.15) is 0 Å². The van der Waals surface area contributed by atoms with E-state index in [0.717, 1.165) is 30.5 Å². The predicted molar refractivity (Wildman–Crippen MR) is 111 cm³/mol. The maximum atomic E-state index is 11.3. The summed E-state index contributed by atoms with van der Waals surface area (Å²) in [5.74, 6) is 0.660. The van der Waals surface area contributed by atoms with Crippen LogP contribution in [0.15, 0.2) is 52.4 Å². The minimum atomic E-state index is -3.67. The van der Waals surface area contributed by atoms with Crippen LogP contribution in [-0.2, 0) is 23.0 Å². The Kier molecular flexibility index (Phi) is 7.91. The number of hydrogen-bond donors (Lipinski definition) is 3. The molecule has 0 unspecified atom stereocenters. The first-order valence-electron chi connectivity index (χ1n) is 8.30. The molecule has 0 aliphatic carbocycles. The lowest BCUT2D eigenvalue weighted by molar-refractivity contribution is 0.597. The number of aliphatic imine (C=N–C) groups is 1. The molecule has 9 heteroatoms. The highest BCUT2D eigenvalue weighted by atomic mass is 35.5. The molecule has 0 heterocycles. The summed E-state index contributed by atoms with van der Waals surface area (Å²) in [4.78, 5) is 4.26. The van der Waals surface area contributed by atoms with Gasteiger partial charge in [0, 0.05) is 30.2 Å². The maximum absolute atomic E-state index is 11.3. The molecule has 6 nitrogen and oxygen atoms in total. The van der Waals surface area contributed by atoms with Gasteiger partial charge in [-0.15, -0.1) is 0 Å². The molecule has 0 saturated carbocycles. The van der Waals surface area contributed by atoms with E-state index in [1.165, 1.54) is 12.1 Å². The van der Waals surface area contributed by atoms with Gasteiger partial charge in [0.25, 0.3) is 0 Å². The molecule has 2 rings (SSSR count). The van der Waals surface area contributed by atoms with Crippen LogP contribution in [0.2, 0.25) is 10.0 Å². The molecule has 0 fully saturated rings. The number of aryl methyl sites for hydroxylation is 1. The molecular formula is C18H22Cl2N4O2S. The highest BCUT2D eigenvalue weighted by Crippen LogP contribution is 2.21. The lowest BCUT2D eigenvalue weighted by Gasteiger charge is -2.12. The van der Waals surface area contributed by atoms with Crippen LogP contribution < -0.4 is 15.8 Å². The number of rotatable bonds is 7. The normalized spacial score (nSPS) is 12.1. The summed E-state index contributed by atoms with van der Waals surface area (Å²) in [7, 11) is -1.98. The average molecular weight is 429 g/mol. The number of sulfonamides is 1. The fourth-order valence-corrected chi connectivity index (χ4v) is 3.43. The second kappa shape index (κ2) is 9.94. The smallest absolute Gasteiger partial charge is 0.238 e. The van der Waals surface area contributed by atoms with Crippen LogP contribution >= 0.6 is 23.2 Å². The molecule has 0 bridgehead atoms. The van der Waals surface area contributed by atoms with Crippen LogP contribution in [0.1, 0.15) is 17.5 Å². The zero-order valence-electron chi connectivity index (χ0n) is 14.9. The number of hydrogen-bond acceptors (Lipinski definition) is 3. The molecule has 0 aromatic heterocycles. The van der Waals surface area contributed by atoms with E-state index in [-0.39, 0.29) is 4.90 Å². The highest BCUT2D eigenvalue weighted by Gasteiger charge is 2.07. The molecule has 146 valence electrons. The summed E-state index contributed by atoms with van der Waals surface area (Å²) in [5, 5.41) is 12.8. The summed E-state index contributed by atoms with van der Waals surface area (Å²) >= 11 is 12.1. The number of guanidine groups is 1. The van der Waals surface area contributed by atoms with E-state index in [1.807, 2.05) is 12.1 Å². The van der Waals surface area contributed by atoms with Crippen LogP contribution in [0.5, 0.6) is 0 Å². The molecule has 27 heavy (non-hydrogen) atoms. The molecule has 0 aliphatic heterocycles. The molecule has 0 aliphatic rings. The summed E-state index contributed by atoms with van der Waals surface area (Å²) in [5.41, 5.74) is 1.97. The number of benzene rings is 2. The molecule has 0 atom stereocenters. The van der Waals surface area contributed by atoms with Crippen molar-refractivity contribution >= 4 is 39.2 Å². The quantitative estimate of drug-likeness (QED) is 0.358. The number of nitrogens with one attached hydrogen (secondary N) is 2. The van der Waals surface area contributed by atoms with Crippen molar-refractivity contribution in [1.29, 1.82) is 0 Å². The van der Waals surface area contributed by atoms with E-state index in [9.17, 15) is 8.42 Å². The first-order valence-corrected chi connectivity index (χ1v) is 10.6. The standard InChI is InChI=1S/C18H22Cl2N4O2S/c1-22-18(23-10-2-3-14-6-7-15(19)11-17(14)20)24-12-13-4-8-16(9-5-13)27(21,25)26/h4-9,11H,2-3,10,12H2,1H3,(H2,21,25,26)(H2,22,23,24). The first kappa shape index (κ1) is 21.5. The summed E-state index contributed by atoms with van der Waals surface area (Å²) in [6.07, 6.45) is 1.71. The van der Waals surface area contributed by atoms with Gasteiger partial charge in [-0.25, -0.2) is 13.6 Å². The Morgan fingerprint density at radius 2 is 1.81 bits per heavy atom. The largest absolute Gasteiger partial charge is 0.356 e. The van der Waals surface area contributed by atoms with Crippen molar-refractivity contribution in [1.82, 2.24) is 10.6 Å². The molecule has 0 spiro atoms. The topological polar surface area (TPSA) is 96.6 Å². The Bertz CT molecular complexity index is 900. The molecule has 0 radical (unpaired) electrons. The van der Waals surface area contributed by atoms with Gasteiger partial charge in [0.15, 0.2) is 5.96 Å². The van der Waals surface area contributed by atoms with E-state index >= 15 is 0 Å². The van der Waals surface area contributed by atoms with E-state index in [4.69, 9.17) is 28.3 Å². The first-order chi connectivity index (χ1) is 12.8. The zero-order valence-corrected chi connectivity index (χ0v) is 17.2.